The lowest BCUT2D eigenvalue weighted by Gasteiger charge is -2.11. The zero-order valence-corrected chi connectivity index (χ0v) is 16.9. The molecule has 29 heavy (non-hydrogen) atoms. The lowest BCUT2D eigenvalue weighted by Crippen LogP contribution is -2.21. The highest BCUT2D eigenvalue weighted by molar-refractivity contribution is 6.06. The van der Waals surface area contributed by atoms with Crippen LogP contribution in [0.3, 0.4) is 0 Å². The summed E-state index contributed by atoms with van der Waals surface area (Å²) in [4.78, 5) is 25.2. The van der Waals surface area contributed by atoms with Crippen molar-refractivity contribution in [1.82, 2.24) is 15.1 Å². The van der Waals surface area contributed by atoms with Crippen molar-refractivity contribution in [3.63, 3.8) is 0 Å². The summed E-state index contributed by atoms with van der Waals surface area (Å²) in [5.74, 6) is -0.420. The SMILES string of the molecule is CNC(=O)c1cccc(NC(=O)c2nn(-c3ccccc3C)c3c2CCC3)c1C. The van der Waals surface area contributed by atoms with E-state index in [0.717, 1.165) is 47.3 Å². The molecule has 148 valence electrons. The van der Waals surface area contributed by atoms with Crippen molar-refractivity contribution < 1.29 is 9.59 Å². The molecular weight excluding hydrogens is 364 g/mol. The number of hydrogen-bond donors (Lipinski definition) is 2. The Morgan fingerprint density at radius 3 is 2.55 bits per heavy atom. The van der Waals surface area contributed by atoms with Crippen LogP contribution in [0.5, 0.6) is 0 Å². The average Bonchev–Trinajstić information content (AvgIpc) is 3.32. The number of aromatic nitrogens is 2. The van der Waals surface area contributed by atoms with Crippen molar-refractivity contribution in [2.24, 2.45) is 0 Å². The molecule has 6 heteroatoms. The van der Waals surface area contributed by atoms with Gasteiger partial charge in [0, 0.05) is 29.6 Å². The summed E-state index contributed by atoms with van der Waals surface area (Å²) in [6.45, 7) is 3.88. The molecule has 1 aliphatic rings. The van der Waals surface area contributed by atoms with Gasteiger partial charge in [-0.3, -0.25) is 9.59 Å². The van der Waals surface area contributed by atoms with Crippen LogP contribution in [-0.2, 0) is 12.8 Å². The van der Waals surface area contributed by atoms with Crippen LogP contribution < -0.4 is 10.6 Å². The summed E-state index contributed by atoms with van der Waals surface area (Å²) in [5.41, 5.74) is 6.61. The van der Waals surface area contributed by atoms with E-state index < -0.39 is 0 Å². The van der Waals surface area contributed by atoms with Crippen molar-refractivity contribution >= 4 is 17.5 Å². The molecule has 0 atom stereocenters. The molecule has 1 heterocycles. The summed E-state index contributed by atoms with van der Waals surface area (Å²) >= 11 is 0. The molecule has 4 rings (SSSR count). The van der Waals surface area contributed by atoms with E-state index in [4.69, 9.17) is 0 Å². The van der Waals surface area contributed by atoms with E-state index in [1.54, 1.807) is 25.2 Å². The van der Waals surface area contributed by atoms with E-state index in [2.05, 4.69) is 15.7 Å². The maximum Gasteiger partial charge on any atom is 0.276 e. The minimum Gasteiger partial charge on any atom is -0.355 e. The topological polar surface area (TPSA) is 76.0 Å². The number of carbonyl (C=O) groups excluding carboxylic acids is 2. The van der Waals surface area contributed by atoms with Crippen LogP contribution in [0.1, 0.15) is 49.7 Å². The molecule has 0 fully saturated rings. The molecule has 6 nitrogen and oxygen atoms in total. The third-order valence-corrected chi connectivity index (χ3v) is 5.54. The Labute approximate surface area is 169 Å². The number of amides is 2. The van der Waals surface area contributed by atoms with Gasteiger partial charge in [-0.05, 0) is 62.4 Å². The van der Waals surface area contributed by atoms with Crippen LogP contribution in [0.2, 0.25) is 0 Å². The van der Waals surface area contributed by atoms with Crippen LogP contribution in [0.25, 0.3) is 5.69 Å². The monoisotopic (exact) mass is 388 g/mol. The van der Waals surface area contributed by atoms with Gasteiger partial charge in [0.05, 0.1) is 5.69 Å². The van der Waals surface area contributed by atoms with Crippen molar-refractivity contribution in [2.45, 2.75) is 33.1 Å². The maximum absolute atomic E-state index is 13.1. The smallest absolute Gasteiger partial charge is 0.276 e. The van der Waals surface area contributed by atoms with E-state index in [1.807, 2.05) is 42.8 Å². The highest BCUT2D eigenvalue weighted by atomic mass is 16.2. The molecular formula is C23H24N4O2. The summed E-state index contributed by atoms with van der Waals surface area (Å²) in [6.07, 6.45) is 2.78. The molecule has 0 bridgehead atoms. The first kappa shape index (κ1) is 18.9. The number of benzene rings is 2. The van der Waals surface area contributed by atoms with Gasteiger partial charge in [-0.2, -0.15) is 5.10 Å². The van der Waals surface area contributed by atoms with Gasteiger partial charge < -0.3 is 10.6 Å². The Hall–Kier alpha value is -3.41. The molecule has 2 N–H and O–H groups in total. The molecule has 1 aromatic heterocycles. The lowest BCUT2D eigenvalue weighted by molar-refractivity contribution is 0.0960. The van der Waals surface area contributed by atoms with E-state index in [9.17, 15) is 9.59 Å². The zero-order valence-electron chi connectivity index (χ0n) is 16.9. The fourth-order valence-electron chi connectivity index (χ4n) is 3.95. The molecule has 2 aromatic carbocycles. The van der Waals surface area contributed by atoms with E-state index >= 15 is 0 Å². The summed E-state index contributed by atoms with van der Waals surface area (Å²) in [5, 5.41) is 10.3. The summed E-state index contributed by atoms with van der Waals surface area (Å²) < 4.78 is 1.92. The fraction of sp³-hybridized carbons (Fsp3) is 0.261. The zero-order chi connectivity index (χ0) is 20.5. The molecule has 0 aliphatic heterocycles. The maximum atomic E-state index is 13.1. The van der Waals surface area contributed by atoms with Crippen molar-refractivity contribution in [3.05, 3.63) is 76.1 Å². The fourth-order valence-corrected chi connectivity index (χ4v) is 3.95. The number of hydrogen-bond acceptors (Lipinski definition) is 3. The van der Waals surface area contributed by atoms with E-state index in [0.29, 0.717) is 16.9 Å². The Kier molecular flexibility index (Phi) is 4.92. The van der Waals surface area contributed by atoms with Gasteiger partial charge in [0.15, 0.2) is 5.69 Å². The van der Waals surface area contributed by atoms with Gasteiger partial charge in [0.1, 0.15) is 0 Å². The highest BCUT2D eigenvalue weighted by Crippen LogP contribution is 2.29. The first-order valence-electron chi connectivity index (χ1n) is 9.81. The van der Waals surface area contributed by atoms with E-state index in [-0.39, 0.29) is 11.8 Å². The van der Waals surface area contributed by atoms with Crippen molar-refractivity contribution in [3.8, 4) is 5.69 Å². The number of carbonyl (C=O) groups is 2. The first-order valence-corrected chi connectivity index (χ1v) is 9.81. The van der Waals surface area contributed by atoms with Crippen LogP contribution >= 0.6 is 0 Å². The minimum atomic E-state index is -0.243. The quantitative estimate of drug-likeness (QED) is 0.717. The molecule has 0 spiro atoms. The Morgan fingerprint density at radius 1 is 1.00 bits per heavy atom. The second-order valence-corrected chi connectivity index (χ2v) is 7.34. The molecule has 3 aromatic rings. The standard InChI is InChI=1S/C23H24N4O2/c1-14-8-4-5-12-19(14)27-20-13-7-10-17(20)21(26-27)23(29)25-18-11-6-9-16(15(18)2)22(28)24-3/h4-6,8-9,11-12H,7,10,13H2,1-3H3,(H,24,28)(H,25,29). The van der Waals surface area contributed by atoms with Gasteiger partial charge in [-0.15, -0.1) is 0 Å². The third kappa shape index (κ3) is 3.31. The number of anilines is 1. The van der Waals surface area contributed by atoms with Crippen molar-refractivity contribution in [1.29, 1.82) is 0 Å². The highest BCUT2D eigenvalue weighted by Gasteiger charge is 2.27. The molecule has 0 unspecified atom stereocenters. The number of rotatable bonds is 4. The predicted molar refractivity (Wildman–Crippen MR) is 113 cm³/mol. The second-order valence-electron chi connectivity index (χ2n) is 7.34. The number of aryl methyl sites for hydroxylation is 1. The van der Waals surface area contributed by atoms with Gasteiger partial charge in [-0.25, -0.2) is 4.68 Å². The van der Waals surface area contributed by atoms with Crippen LogP contribution in [0.15, 0.2) is 42.5 Å². The first-order chi connectivity index (χ1) is 14.0. The number of nitrogens with one attached hydrogen (secondary N) is 2. The van der Waals surface area contributed by atoms with Crippen LogP contribution in [0.4, 0.5) is 5.69 Å². The van der Waals surface area contributed by atoms with Crippen LogP contribution in [-0.4, -0.2) is 28.6 Å². The molecule has 0 saturated heterocycles. The molecule has 0 saturated carbocycles. The average molecular weight is 388 g/mol. The van der Waals surface area contributed by atoms with Gasteiger partial charge in [-0.1, -0.05) is 24.3 Å². The number of para-hydroxylation sites is 1. The largest absolute Gasteiger partial charge is 0.355 e. The van der Waals surface area contributed by atoms with Gasteiger partial charge in [0.25, 0.3) is 11.8 Å². The molecule has 0 radical (unpaired) electrons. The van der Waals surface area contributed by atoms with Crippen LogP contribution in [0, 0.1) is 13.8 Å². The van der Waals surface area contributed by atoms with Crippen molar-refractivity contribution in [2.75, 3.05) is 12.4 Å². The van der Waals surface area contributed by atoms with Gasteiger partial charge >= 0.3 is 0 Å². The number of fused-ring (bicyclic) bond motifs is 1. The Balaban J connectivity index is 1.70. The normalized spacial score (nSPS) is 12.5. The predicted octanol–water partition coefficient (Wildman–Crippen LogP) is 3.59. The molecule has 1 aliphatic carbocycles. The minimum absolute atomic E-state index is 0.177. The summed E-state index contributed by atoms with van der Waals surface area (Å²) in [6, 6.07) is 13.4. The Morgan fingerprint density at radius 2 is 1.79 bits per heavy atom. The van der Waals surface area contributed by atoms with E-state index in [1.165, 1.54) is 0 Å². The third-order valence-electron chi connectivity index (χ3n) is 5.54. The summed E-state index contributed by atoms with van der Waals surface area (Å²) in [7, 11) is 1.59. The van der Waals surface area contributed by atoms with Gasteiger partial charge in [0.2, 0.25) is 0 Å². The Bertz CT molecular complexity index is 1110. The molecule has 2 amide bonds. The lowest BCUT2D eigenvalue weighted by atomic mass is 10.1. The second kappa shape index (κ2) is 7.54. The number of nitrogens with zero attached hydrogens (tertiary/aromatic N) is 2.